The van der Waals surface area contributed by atoms with E-state index in [1.165, 1.54) is 0 Å². The third kappa shape index (κ3) is 1.34. The van der Waals surface area contributed by atoms with E-state index >= 15 is 0 Å². The Morgan fingerprint density at radius 2 is 2.08 bits per heavy atom. The first-order valence-corrected chi connectivity index (χ1v) is 3.99. The number of hydrogen-bond acceptors (Lipinski definition) is 3. The van der Waals surface area contributed by atoms with Crippen molar-refractivity contribution in [1.29, 1.82) is 0 Å². The van der Waals surface area contributed by atoms with Crippen LogP contribution < -0.4 is 4.89 Å². The quantitative estimate of drug-likeness (QED) is 0.534. The topological polar surface area (TPSA) is 42.4 Å². The summed E-state index contributed by atoms with van der Waals surface area (Å²) in [6.45, 7) is 1.95. The standard InChI is InChI=1S/C10H9NO2/c1-7-6-10(13-12)11-9-5-3-2-4-8(7)9/h2-6,12H,1H3. The number of aromatic nitrogens is 1. The van der Waals surface area contributed by atoms with Gasteiger partial charge in [0.05, 0.1) is 5.52 Å². The summed E-state index contributed by atoms with van der Waals surface area (Å²) in [5.74, 6) is 0.233. The van der Waals surface area contributed by atoms with Gasteiger partial charge in [0.25, 0.3) is 5.88 Å². The predicted octanol–water partition coefficient (Wildman–Crippen LogP) is 2.40. The Hall–Kier alpha value is -1.61. The molecule has 0 aliphatic carbocycles. The number of nitrogens with zero attached hydrogens (tertiary/aromatic N) is 1. The lowest BCUT2D eigenvalue weighted by atomic mass is 10.1. The third-order valence-electron chi connectivity index (χ3n) is 1.99. The summed E-state index contributed by atoms with van der Waals surface area (Å²) in [7, 11) is 0. The van der Waals surface area contributed by atoms with Gasteiger partial charge < -0.3 is 4.89 Å². The van der Waals surface area contributed by atoms with Crippen molar-refractivity contribution in [2.75, 3.05) is 0 Å². The van der Waals surface area contributed by atoms with Gasteiger partial charge in [-0.15, -0.1) is 0 Å². The van der Waals surface area contributed by atoms with E-state index < -0.39 is 0 Å². The highest BCUT2D eigenvalue weighted by molar-refractivity contribution is 5.82. The van der Waals surface area contributed by atoms with Crippen molar-refractivity contribution < 1.29 is 10.1 Å². The molecule has 3 heteroatoms. The lowest BCUT2D eigenvalue weighted by Gasteiger charge is -2.02. The van der Waals surface area contributed by atoms with Gasteiger partial charge in [-0.1, -0.05) is 18.2 Å². The molecule has 0 bridgehead atoms. The van der Waals surface area contributed by atoms with Gasteiger partial charge in [-0.05, 0) is 18.6 Å². The van der Waals surface area contributed by atoms with Gasteiger partial charge in [-0.25, -0.2) is 10.2 Å². The summed E-state index contributed by atoms with van der Waals surface area (Å²) in [6, 6.07) is 9.42. The second kappa shape index (κ2) is 3.03. The van der Waals surface area contributed by atoms with Gasteiger partial charge in [0.15, 0.2) is 0 Å². The molecule has 3 nitrogen and oxygen atoms in total. The normalized spacial score (nSPS) is 10.3. The molecule has 2 aromatic rings. The molecule has 0 saturated heterocycles. The van der Waals surface area contributed by atoms with Crippen molar-refractivity contribution in [3.8, 4) is 5.88 Å². The fourth-order valence-corrected chi connectivity index (χ4v) is 1.37. The van der Waals surface area contributed by atoms with E-state index in [0.717, 1.165) is 16.5 Å². The zero-order valence-electron chi connectivity index (χ0n) is 7.19. The minimum atomic E-state index is 0.233. The maximum absolute atomic E-state index is 8.46. The van der Waals surface area contributed by atoms with Crippen LogP contribution in [0.15, 0.2) is 30.3 Å². The van der Waals surface area contributed by atoms with Gasteiger partial charge in [-0.3, -0.25) is 0 Å². The molecule has 0 saturated carbocycles. The van der Waals surface area contributed by atoms with Crippen molar-refractivity contribution in [2.45, 2.75) is 6.92 Å². The molecule has 1 heterocycles. The fourth-order valence-electron chi connectivity index (χ4n) is 1.37. The van der Waals surface area contributed by atoms with Crippen molar-refractivity contribution >= 4 is 10.9 Å². The smallest absolute Gasteiger partial charge is 0.256 e. The molecule has 0 amide bonds. The molecule has 0 fully saturated rings. The number of pyridine rings is 1. The van der Waals surface area contributed by atoms with Crippen LogP contribution >= 0.6 is 0 Å². The summed E-state index contributed by atoms with van der Waals surface area (Å²) in [6.07, 6.45) is 0. The molecule has 0 aliphatic rings. The van der Waals surface area contributed by atoms with Crippen LogP contribution in [-0.4, -0.2) is 10.2 Å². The zero-order chi connectivity index (χ0) is 9.26. The highest BCUT2D eigenvalue weighted by Gasteiger charge is 2.01. The summed E-state index contributed by atoms with van der Waals surface area (Å²) in [5, 5.41) is 9.53. The van der Waals surface area contributed by atoms with E-state index in [1.54, 1.807) is 6.07 Å². The Labute approximate surface area is 75.5 Å². The van der Waals surface area contributed by atoms with Crippen molar-refractivity contribution in [3.63, 3.8) is 0 Å². The SMILES string of the molecule is Cc1cc(OO)nc2ccccc12. The molecular formula is C10H9NO2. The van der Waals surface area contributed by atoms with Gasteiger partial charge in [0.1, 0.15) is 0 Å². The van der Waals surface area contributed by atoms with E-state index in [4.69, 9.17) is 5.26 Å². The van der Waals surface area contributed by atoms with Crippen LogP contribution in [-0.2, 0) is 0 Å². The molecule has 0 unspecified atom stereocenters. The minimum Gasteiger partial charge on any atom is -0.320 e. The van der Waals surface area contributed by atoms with Crippen LogP contribution in [0.2, 0.25) is 0 Å². The Bertz CT molecular complexity index is 440. The summed E-state index contributed by atoms with van der Waals surface area (Å²) >= 11 is 0. The molecular weight excluding hydrogens is 166 g/mol. The van der Waals surface area contributed by atoms with Crippen LogP contribution in [0.5, 0.6) is 5.88 Å². The first-order valence-electron chi connectivity index (χ1n) is 3.99. The largest absolute Gasteiger partial charge is 0.320 e. The van der Waals surface area contributed by atoms with Crippen molar-refractivity contribution in [3.05, 3.63) is 35.9 Å². The molecule has 1 N–H and O–H groups in total. The maximum atomic E-state index is 8.46. The van der Waals surface area contributed by atoms with E-state index in [-0.39, 0.29) is 5.88 Å². The highest BCUT2D eigenvalue weighted by Crippen LogP contribution is 2.20. The Morgan fingerprint density at radius 1 is 1.31 bits per heavy atom. The summed E-state index contributed by atoms with van der Waals surface area (Å²) < 4.78 is 0. The second-order valence-electron chi connectivity index (χ2n) is 2.89. The van der Waals surface area contributed by atoms with Crippen LogP contribution in [0.3, 0.4) is 0 Å². The van der Waals surface area contributed by atoms with Gasteiger partial charge in [-0.2, -0.15) is 0 Å². The van der Waals surface area contributed by atoms with Crippen LogP contribution in [0, 0.1) is 6.92 Å². The van der Waals surface area contributed by atoms with Crippen LogP contribution in [0.1, 0.15) is 5.56 Å². The first kappa shape index (κ1) is 8.01. The van der Waals surface area contributed by atoms with Gasteiger partial charge in [0, 0.05) is 11.5 Å². The minimum absolute atomic E-state index is 0.233. The molecule has 2 rings (SSSR count). The third-order valence-corrected chi connectivity index (χ3v) is 1.99. The summed E-state index contributed by atoms with van der Waals surface area (Å²) in [5.41, 5.74) is 1.86. The van der Waals surface area contributed by atoms with E-state index in [1.807, 2.05) is 31.2 Å². The van der Waals surface area contributed by atoms with Crippen molar-refractivity contribution in [2.24, 2.45) is 0 Å². The number of hydrogen-bond donors (Lipinski definition) is 1. The summed E-state index contributed by atoms with van der Waals surface area (Å²) in [4.78, 5) is 8.17. The van der Waals surface area contributed by atoms with Crippen LogP contribution in [0.25, 0.3) is 10.9 Å². The highest BCUT2D eigenvalue weighted by atomic mass is 17.1. The van der Waals surface area contributed by atoms with Crippen LogP contribution in [0.4, 0.5) is 0 Å². The first-order chi connectivity index (χ1) is 6.31. The molecule has 66 valence electrons. The number of aryl methyl sites for hydroxylation is 1. The molecule has 0 radical (unpaired) electrons. The molecule has 1 aromatic heterocycles. The predicted molar refractivity (Wildman–Crippen MR) is 49.7 cm³/mol. The van der Waals surface area contributed by atoms with Gasteiger partial charge >= 0.3 is 0 Å². The average Bonchev–Trinajstić information content (AvgIpc) is 2.18. The number of fused-ring (bicyclic) bond motifs is 1. The molecule has 1 aromatic carbocycles. The number of rotatable bonds is 1. The number of para-hydroxylation sites is 1. The maximum Gasteiger partial charge on any atom is 0.256 e. The molecule has 0 spiro atoms. The Morgan fingerprint density at radius 3 is 2.85 bits per heavy atom. The molecule has 0 aliphatic heterocycles. The average molecular weight is 175 g/mol. The van der Waals surface area contributed by atoms with Crippen molar-refractivity contribution in [1.82, 2.24) is 4.98 Å². The number of benzene rings is 1. The van der Waals surface area contributed by atoms with E-state index in [0.29, 0.717) is 0 Å². The lowest BCUT2D eigenvalue weighted by Crippen LogP contribution is -1.90. The molecule has 13 heavy (non-hydrogen) atoms. The fraction of sp³-hybridized carbons (Fsp3) is 0.100. The Balaban J connectivity index is 2.77. The van der Waals surface area contributed by atoms with Gasteiger partial charge in [0.2, 0.25) is 0 Å². The second-order valence-corrected chi connectivity index (χ2v) is 2.89. The monoisotopic (exact) mass is 175 g/mol. The van der Waals surface area contributed by atoms with E-state index in [9.17, 15) is 0 Å². The lowest BCUT2D eigenvalue weighted by molar-refractivity contribution is -0.141. The Kier molecular flexibility index (Phi) is 1.87. The zero-order valence-corrected chi connectivity index (χ0v) is 7.19. The molecule has 0 atom stereocenters. The van der Waals surface area contributed by atoms with E-state index in [2.05, 4.69) is 9.87 Å².